The first-order valence-electron chi connectivity index (χ1n) is 5.19. The fourth-order valence-electron chi connectivity index (χ4n) is 2.04. The summed E-state index contributed by atoms with van der Waals surface area (Å²) in [6, 6.07) is 4.28. The van der Waals surface area contributed by atoms with Crippen molar-refractivity contribution in [1.82, 2.24) is 5.43 Å². The Bertz CT molecular complexity index is 422. The fraction of sp³-hybridized carbons (Fsp3) is 0.364. The second-order valence-electron chi connectivity index (χ2n) is 3.90. The molecule has 0 bridgehead atoms. The number of carbonyl (C=O) groups is 1. The molecule has 0 radical (unpaired) electrons. The van der Waals surface area contributed by atoms with Crippen LogP contribution >= 0.6 is 0 Å². The van der Waals surface area contributed by atoms with Gasteiger partial charge in [0.25, 0.3) is 5.91 Å². The predicted octanol–water partition coefficient (Wildman–Crippen LogP) is 0.567. The molecule has 0 saturated carbocycles. The molecular formula is C11H14FN3O. The summed E-state index contributed by atoms with van der Waals surface area (Å²) < 4.78 is 13.1. The molecule has 5 heteroatoms. The first kappa shape index (κ1) is 10.9. The van der Waals surface area contributed by atoms with E-state index in [1.807, 2.05) is 4.90 Å². The molecule has 16 heavy (non-hydrogen) atoms. The number of halogens is 1. The molecule has 0 aromatic heterocycles. The van der Waals surface area contributed by atoms with Gasteiger partial charge in [-0.05, 0) is 31.0 Å². The van der Waals surface area contributed by atoms with Gasteiger partial charge in [-0.15, -0.1) is 0 Å². The van der Waals surface area contributed by atoms with E-state index in [1.165, 1.54) is 12.1 Å². The third kappa shape index (κ3) is 1.74. The minimum absolute atomic E-state index is 0.267. The van der Waals surface area contributed by atoms with Crippen molar-refractivity contribution in [3.05, 3.63) is 29.6 Å². The molecule has 4 nitrogen and oxygen atoms in total. The van der Waals surface area contributed by atoms with Crippen LogP contribution in [0.3, 0.4) is 0 Å². The minimum Gasteiger partial charge on any atom is -0.359 e. The topological polar surface area (TPSA) is 58.4 Å². The Kier molecular flexibility index (Phi) is 2.78. The lowest BCUT2D eigenvalue weighted by Crippen LogP contribution is -2.47. The zero-order chi connectivity index (χ0) is 11.7. The van der Waals surface area contributed by atoms with Gasteiger partial charge in [0.2, 0.25) is 0 Å². The fourth-order valence-corrected chi connectivity index (χ4v) is 2.04. The Balaban J connectivity index is 2.29. The van der Waals surface area contributed by atoms with Crippen LogP contribution in [0.15, 0.2) is 18.2 Å². The van der Waals surface area contributed by atoms with Crippen LogP contribution in [-0.4, -0.2) is 18.5 Å². The van der Waals surface area contributed by atoms with Gasteiger partial charge in [-0.25, -0.2) is 10.2 Å². The molecule has 2 rings (SSSR count). The summed E-state index contributed by atoms with van der Waals surface area (Å²) in [5.74, 6) is 4.54. The molecule has 1 aliphatic rings. The van der Waals surface area contributed by atoms with E-state index in [0.29, 0.717) is 6.54 Å². The molecular weight excluding hydrogens is 209 g/mol. The average Bonchev–Trinajstić information content (AvgIpc) is 2.69. The highest BCUT2D eigenvalue weighted by Gasteiger charge is 2.27. The maximum Gasteiger partial charge on any atom is 0.256 e. The normalized spacial score (nSPS) is 15.8. The van der Waals surface area contributed by atoms with Gasteiger partial charge in [0.1, 0.15) is 11.9 Å². The van der Waals surface area contributed by atoms with Crippen LogP contribution < -0.4 is 16.2 Å². The molecule has 1 aromatic carbocycles. The Morgan fingerprint density at radius 1 is 1.62 bits per heavy atom. The Labute approximate surface area is 93.2 Å². The lowest BCUT2D eigenvalue weighted by atomic mass is 10.1. The van der Waals surface area contributed by atoms with Crippen molar-refractivity contribution < 1.29 is 9.18 Å². The maximum absolute atomic E-state index is 13.1. The molecule has 3 N–H and O–H groups in total. The number of benzene rings is 1. The zero-order valence-corrected chi connectivity index (χ0v) is 9.03. The molecule has 1 aromatic rings. The highest BCUT2D eigenvalue weighted by Crippen LogP contribution is 2.30. The van der Waals surface area contributed by atoms with Crippen LogP contribution in [0.4, 0.5) is 10.1 Å². The number of fused-ring (bicyclic) bond motifs is 1. The molecule has 0 spiro atoms. The molecule has 0 fully saturated rings. The Morgan fingerprint density at radius 3 is 3.06 bits per heavy atom. The van der Waals surface area contributed by atoms with Gasteiger partial charge in [0.15, 0.2) is 0 Å². The van der Waals surface area contributed by atoms with E-state index in [-0.39, 0.29) is 17.8 Å². The van der Waals surface area contributed by atoms with Crippen molar-refractivity contribution in [3.63, 3.8) is 0 Å². The van der Waals surface area contributed by atoms with Crippen LogP contribution in [0.2, 0.25) is 0 Å². The third-order valence-electron chi connectivity index (χ3n) is 2.97. The number of hydrogen-bond donors (Lipinski definition) is 2. The highest BCUT2D eigenvalue weighted by molar-refractivity contribution is 5.85. The highest BCUT2D eigenvalue weighted by atomic mass is 19.1. The smallest absolute Gasteiger partial charge is 0.256 e. The van der Waals surface area contributed by atoms with Crippen LogP contribution in [-0.2, 0) is 11.2 Å². The molecule has 0 aliphatic carbocycles. The van der Waals surface area contributed by atoms with Crippen LogP contribution in [0.5, 0.6) is 0 Å². The summed E-state index contributed by atoms with van der Waals surface area (Å²) in [5, 5.41) is 0. The number of hydrogen-bond acceptors (Lipinski definition) is 3. The second-order valence-corrected chi connectivity index (χ2v) is 3.90. The van der Waals surface area contributed by atoms with Gasteiger partial charge in [0.05, 0.1) is 0 Å². The number of rotatable bonds is 2. The summed E-state index contributed by atoms with van der Waals surface area (Å²) >= 11 is 0. The summed E-state index contributed by atoms with van der Waals surface area (Å²) in [5.41, 5.74) is 3.97. The second kappa shape index (κ2) is 4.09. The molecule has 86 valence electrons. The molecule has 1 amide bonds. The third-order valence-corrected chi connectivity index (χ3v) is 2.97. The van der Waals surface area contributed by atoms with Crippen molar-refractivity contribution in [3.8, 4) is 0 Å². The summed E-state index contributed by atoms with van der Waals surface area (Å²) in [7, 11) is 0. The lowest BCUT2D eigenvalue weighted by molar-refractivity contribution is -0.122. The standard InChI is InChI=1S/C11H14FN3O/c1-7(11(16)14-13)15-5-4-8-2-3-9(12)6-10(8)15/h2-3,6-7H,4-5,13H2,1H3,(H,14,16). The Hall–Kier alpha value is -1.62. The molecule has 1 aliphatic heterocycles. The quantitative estimate of drug-likeness (QED) is 0.438. The SMILES string of the molecule is CC(C(=O)NN)N1CCc2ccc(F)cc21. The number of hydrazine groups is 1. The number of nitrogens with two attached hydrogens (primary N) is 1. The summed E-state index contributed by atoms with van der Waals surface area (Å²) in [6.45, 7) is 2.47. The Morgan fingerprint density at radius 2 is 2.38 bits per heavy atom. The van der Waals surface area contributed by atoms with Crippen molar-refractivity contribution in [2.75, 3.05) is 11.4 Å². The largest absolute Gasteiger partial charge is 0.359 e. The number of carbonyl (C=O) groups excluding carboxylic acids is 1. The molecule has 0 saturated heterocycles. The van der Waals surface area contributed by atoms with E-state index < -0.39 is 0 Å². The average molecular weight is 223 g/mol. The predicted molar refractivity (Wildman–Crippen MR) is 59.2 cm³/mol. The van der Waals surface area contributed by atoms with Gasteiger partial charge in [-0.3, -0.25) is 10.2 Å². The van der Waals surface area contributed by atoms with Gasteiger partial charge in [0, 0.05) is 12.2 Å². The maximum atomic E-state index is 13.1. The van der Waals surface area contributed by atoms with Gasteiger partial charge in [-0.1, -0.05) is 6.07 Å². The van der Waals surface area contributed by atoms with E-state index >= 15 is 0 Å². The summed E-state index contributed by atoms with van der Waals surface area (Å²) in [4.78, 5) is 13.3. The molecule has 1 atom stereocenters. The van der Waals surface area contributed by atoms with Crippen LogP contribution in [0.25, 0.3) is 0 Å². The summed E-state index contributed by atoms with van der Waals surface area (Å²) in [6.07, 6.45) is 0.831. The van der Waals surface area contributed by atoms with Gasteiger partial charge in [-0.2, -0.15) is 0 Å². The van der Waals surface area contributed by atoms with Crippen molar-refractivity contribution in [2.45, 2.75) is 19.4 Å². The van der Waals surface area contributed by atoms with Crippen LogP contribution in [0.1, 0.15) is 12.5 Å². The first-order chi connectivity index (χ1) is 7.63. The minimum atomic E-state index is -0.381. The van der Waals surface area contributed by atoms with E-state index in [4.69, 9.17) is 5.84 Å². The number of amides is 1. The van der Waals surface area contributed by atoms with E-state index in [2.05, 4.69) is 5.43 Å². The first-order valence-corrected chi connectivity index (χ1v) is 5.19. The van der Waals surface area contributed by atoms with Crippen LogP contribution in [0, 0.1) is 5.82 Å². The van der Waals surface area contributed by atoms with Crippen molar-refractivity contribution in [2.24, 2.45) is 5.84 Å². The van der Waals surface area contributed by atoms with Gasteiger partial charge >= 0.3 is 0 Å². The number of nitrogens with zero attached hydrogens (tertiary/aromatic N) is 1. The van der Waals surface area contributed by atoms with Crippen molar-refractivity contribution in [1.29, 1.82) is 0 Å². The van der Waals surface area contributed by atoms with E-state index in [1.54, 1.807) is 13.0 Å². The molecule has 1 heterocycles. The number of anilines is 1. The number of nitrogens with one attached hydrogen (secondary N) is 1. The van der Waals surface area contributed by atoms with Gasteiger partial charge < -0.3 is 4.90 Å². The molecule has 1 unspecified atom stereocenters. The lowest BCUT2D eigenvalue weighted by Gasteiger charge is -2.25. The van der Waals surface area contributed by atoms with Crippen molar-refractivity contribution >= 4 is 11.6 Å². The van der Waals surface area contributed by atoms with E-state index in [9.17, 15) is 9.18 Å². The zero-order valence-electron chi connectivity index (χ0n) is 9.03. The monoisotopic (exact) mass is 223 g/mol. The van der Waals surface area contributed by atoms with E-state index in [0.717, 1.165) is 17.7 Å².